The Balaban J connectivity index is 2.43. The fourth-order valence-electron chi connectivity index (χ4n) is 2.14. The molecule has 0 aliphatic heterocycles. The molecule has 1 aliphatic carbocycles. The quantitative estimate of drug-likeness (QED) is 0.853. The lowest BCUT2D eigenvalue weighted by Crippen LogP contribution is -2.41. The van der Waals surface area contributed by atoms with Gasteiger partial charge in [0.05, 0.1) is 5.69 Å². The minimum Gasteiger partial charge on any atom is -0.398 e. The molecule has 1 saturated carbocycles. The van der Waals surface area contributed by atoms with E-state index in [2.05, 4.69) is 0 Å². The largest absolute Gasteiger partial charge is 0.398 e. The second-order valence-corrected chi connectivity index (χ2v) is 7.05. The van der Waals surface area contributed by atoms with Crippen molar-refractivity contribution >= 4 is 15.7 Å². The van der Waals surface area contributed by atoms with Gasteiger partial charge in [0.1, 0.15) is 4.90 Å². The Kier molecular flexibility index (Phi) is 3.38. The predicted octanol–water partition coefficient (Wildman–Crippen LogP) is 2.06. The average molecular weight is 268 g/mol. The van der Waals surface area contributed by atoms with Crippen molar-refractivity contribution in [3.8, 4) is 0 Å². The number of hydrogen-bond donors (Lipinski definition) is 1. The van der Waals surface area contributed by atoms with Crippen LogP contribution >= 0.6 is 0 Å². The highest BCUT2D eigenvalue weighted by atomic mass is 32.2. The summed E-state index contributed by atoms with van der Waals surface area (Å²) < 4.78 is 26.5. The van der Waals surface area contributed by atoms with Crippen LogP contribution in [0.1, 0.15) is 30.4 Å². The van der Waals surface area contributed by atoms with E-state index in [-0.39, 0.29) is 10.9 Å². The van der Waals surface area contributed by atoms with Crippen LogP contribution in [0.15, 0.2) is 17.0 Å². The van der Waals surface area contributed by atoms with E-state index >= 15 is 0 Å². The molecular weight excluding hydrogens is 248 g/mol. The van der Waals surface area contributed by atoms with Crippen LogP contribution in [-0.4, -0.2) is 25.8 Å². The van der Waals surface area contributed by atoms with Crippen LogP contribution < -0.4 is 5.73 Å². The molecule has 0 radical (unpaired) electrons. The van der Waals surface area contributed by atoms with Gasteiger partial charge in [-0.25, -0.2) is 8.42 Å². The van der Waals surface area contributed by atoms with E-state index in [1.165, 1.54) is 4.31 Å². The molecule has 2 N–H and O–H groups in total. The van der Waals surface area contributed by atoms with Crippen LogP contribution in [0.2, 0.25) is 0 Å². The van der Waals surface area contributed by atoms with Crippen LogP contribution in [0.25, 0.3) is 0 Å². The summed E-state index contributed by atoms with van der Waals surface area (Å²) in [4.78, 5) is 0.236. The van der Waals surface area contributed by atoms with Crippen LogP contribution in [0.4, 0.5) is 5.69 Å². The molecule has 0 unspecified atom stereocenters. The van der Waals surface area contributed by atoms with Crippen LogP contribution in [-0.2, 0) is 10.0 Å². The molecule has 0 amide bonds. The Hall–Kier alpha value is -1.07. The summed E-state index contributed by atoms with van der Waals surface area (Å²) >= 11 is 0. The Morgan fingerprint density at radius 3 is 2.28 bits per heavy atom. The first-order valence-electron chi connectivity index (χ1n) is 6.19. The molecule has 2 rings (SSSR count). The standard InChI is InChI=1S/C13H20N2O2S/c1-9-7-12(14)13(8-10(9)2)18(16,17)15(3)11-5-4-6-11/h7-8,11H,4-6,14H2,1-3H3. The Morgan fingerprint density at radius 1 is 1.22 bits per heavy atom. The van der Waals surface area contributed by atoms with E-state index in [9.17, 15) is 8.42 Å². The second-order valence-electron chi connectivity index (χ2n) is 5.08. The van der Waals surface area contributed by atoms with Crippen molar-refractivity contribution in [3.05, 3.63) is 23.3 Å². The fourth-order valence-corrected chi connectivity index (χ4v) is 3.73. The number of nitrogens with zero attached hydrogens (tertiary/aromatic N) is 1. The van der Waals surface area contributed by atoms with E-state index in [0.717, 1.165) is 30.4 Å². The molecule has 1 fully saturated rings. The van der Waals surface area contributed by atoms with E-state index in [0.29, 0.717) is 5.69 Å². The Morgan fingerprint density at radius 2 is 1.78 bits per heavy atom. The fraction of sp³-hybridized carbons (Fsp3) is 0.538. The zero-order valence-corrected chi connectivity index (χ0v) is 11.9. The first kappa shape index (κ1) is 13.4. The van der Waals surface area contributed by atoms with Gasteiger partial charge in [0.2, 0.25) is 10.0 Å². The molecule has 1 aromatic rings. The van der Waals surface area contributed by atoms with Crippen molar-refractivity contribution in [1.29, 1.82) is 0 Å². The number of nitrogen functional groups attached to an aromatic ring is 1. The molecule has 4 nitrogen and oxygen atoms in total. The lowest BCUT2D eigenvalue weighted by atomic mass is 9.94. The van der Waals surface area contributed by atoms with Gasteiger partial charge in [0.25, 0.3) is 0 Å². The van der Waals surface area contributed by atoms with Gasteiger partial charge in [-0.05, 0) is 49.9 Å². The Labute approximate surface area is 109 Å². The van der Waals surface area contributed by atoms with Crippen molar-refractivity contribution < 1.29 is 8.42 Å². The molecule has 0 saturated heterocycles. The van der Waals surface area contributed by atoms with Gasteiger partial charge in [0, 0.05) is 13.1 Å². The first-order valence-corrected chi connectivity index (χ1v) is 7.63. The summed E-state index contributed by atoms with van der Waals surface area (Å²) in [7, 11) is -1.81. The highest BCUT2D eigenvalue weighted by molar-refractivity contribution is 7.89. The molecule has 0 aromatic heterocycles. The molecule has 0 atom stereocenters. The van der Waals surface area contributed by atoms with Crippen molar-refractivity contribution in [2.24, 2.45) is 0 Å². The lowest BCUT2D eigenvalue weighted by molar-refractivity contribution is 0.250. The van der Waals surface area contributed by atoms with Crippen molar-refractivity contribution in [3.63, 3.8) is 0 Å². The molecule has 0 bridgehead atoms. The minimum absolute atomic E-state index is 0.135. The van der Waals surface area contributed by atoms with Crippen molar-refractivity contribution in [2.45, 2.75) is 44.0 Å². The maximum Gasteiger partial charge on any atom is 0.245 e. The molecular formula is C13H20N2O2S. The highest BCUT2D eigenvalue weighted by Crippen LogP contribution is 2.31. The van der Waals surface area contributed by atoms with E-state index in [1.807, 2.05) is 13.8 Å². The third-order valence-corrected chi connectivity index (χ3v) is 5.84. The average Bonchev–Trinajstić information content (AvgIpc) is 2.20. The van der Waals surface area contributed by atoms with Crippen LogP contribution in [0, 0.1) is 13.8 Å². The van der Waals surface area contributed by atoms with Gasteiger partial charge in [0.15, 0.2) is 0 Å². The molecule has 0 heterocycles. The third kappa shape index (κ3) is 2.12. The van der Waals surface area contributed by atoms with Crippen molar-refractivity contribution in [2.75, 3.05) is 12.8 Å². The van der Waals surface area contributed by atoms with Crippen LogP contribution in [0.3, 0.4) is 0 Å². The summed E-state index contributed by atoms with van der Waals surface area (Å²) in [6, 6.07) is 3.54. The zero-order valence-electron chi connectivity index (χ0n) is 11.1. The van der Waals surface area contributed by atoms with Gasteiger partial charge in [-0.2, -0.15) is 4.31 Å². The van der Waals surface area contributed by atoms with Gasteiger partial charge in [-0.3, -0.25) is 0 Å². The topological polar surface area (TPSA) is 63.4 Å². The zero-order chi connectivity index (χ0) is 13.5. The van der Waals surface area contributed by atoms with E-state index in [4.69, 9.17) is 5.73 Å². The van der Waals surface area contributed by atoms with Gasteiger partial charge in [-0.1, -0.05) is 6.42 Å². The monoisotopic (exact) mass is 268 g/mol. The summed E-state index contributed by atoms with van der Waals surface area (Å²) in [5, 5.41) is 0. The third-order valence-electron chi connectivity index (χ3n) is 3.87. The lowest BCUT2D eigenvalue weighted by Gasteiger charge is -2.34. The normalized spacial score (nSPS) is 16.9. The van der Waals surface area contributed by atoms with Crippen molar-refractivity contribution in [1.82, 2.24) is 4.31 Å². The van der Waals surface area contributed by atoms with Gasteiger partial charge >= 0.3 is 0 Å². The SMILES string of the molecule is Cc1cc(N)c(S(=O)(=O)N(C)C2CCC2)cc1C. The predicted molar refractivity (Wildman–Crippen MR) is 72.9 cm³/mol. The first-order chi connectivity index (χ1) is 8.34. The number of benzene rings is 1. The molecule has 18 heavy (non-hydrogen) atoms. The van der Waals surface area contributed by atoms with E-state index in [1.54, 1.807) is 19.2 Å². The Bertz CT molecular complexity index is 563. The highest BCUT2D eigenvalue weighted by Gasteiger charge is 2.32. The van der Waals surface area contributed by atoms with E-state index < -0.39 is 10.0 Å². The molecule has 5 heteroatoms. The molecule has 0 spiro atoms. The number of anilines is 1. The summed E-state index contributed by atoms with van der Waals surface area (Å²) in [6.07, 6.45) is 2.99. The maximum atomic E-state index is 12.5. The number of rotatable bonds is 3. The van der Waals surface area contributed by atoms with Gasteiger partial charge < -0.3 is 5.73 Å². The maximum absolute atomic E-state index is 12.5. The van der Waals surface area contributed by atoms with Crippen LogP contribution in [0.5, 0.6) is 0 Å². The molecule has 1 aliphatic rings. The molecule has 100 valence electrons. The summed E-state index contributed by atoms with van der Waals surface area (Å²) in [5.41, 5.74) is 8.17. The second kappa shape index (κ2) is 4.55. The summed E-state index contributed by atoms with van der Waals surface area (Å²) in [5.74, 6) is 0. The minimum atomic E-state index is -3.46. The number of aryl methyl sites for hydroxylation is 2. The summed E-state index contributed by atoms with van der Waals surface area (Å²) in [6.45, 7) is 3.83. The number of sulfonamides is 1. The van der Waals surface area contributed by atoms with Gasteiger partial charge in [-0.15, -0.1) is 0 Å². The number of hydrogen-bond acceptors (Lipinski definition) is 3. The number of nitrogens with two attached hydrogens (primary N) is 1. The molecule has 1 aromatic carbocycles. The smallest absolute Gasteiger partial charge is 0.245 e.